The Hall–Kier alpha value is -3.52. The summed E-state index contributed by atoms with van der Waals surface area (Å²) in [6.45, 7) is 2.72. The van der Waals surface area contributed by atoms with Gasteiger partial charge < -0.3 is 19.9 Å². The first-order valence-electron chi connectivity index (χ1n) is 12.3. The van der Waals surface area contributed by atoms with Crippen molar-refractivity contribution >= 4 is 11.9 Å². The average molecular weight is 475 g/mol. The second-order valence-electron chi connectivity index (χ2n) is 9.09. The van der Waals surface area contributed by atoms with E-state index >= 15 is 0 Å². The molecule has 2 aliphatic rings. The minimum atomic E-state index is -0.239. The lowest BCUT2D eigenvalue weighted by Crippen LogP contribution is -2.37. The third-order valence-electron chi connectivity index (χ3n) is 6.61. The van der Waals surface area contributed by atoms with Crippen molar-refractivity contribution < 1.29 is 9.13 Å². The lowest BCUT2D eigenvalue weighted by atomic mass is 9.95. The average Bonchev–Trinajstić information content (AvgIpc) is 3.37. The zero-order chi connectivity index (χ0) is 24.0. The summed E-state index contributed by atoms with van der Waals surface area (Å²) in [5, 5.41) is 12.0. The molecule has 3 N–H and O–H groups in total. The maximum Gasteiger partial charge on any atom is 0.214 e. The molecule has 1 atom stereocenters. The Bertz CT molecular complexity index is 1190. The van der Waals surface area contributed by atoms with Gasteiger partial charge in [-0.25, -0.2) is 14.4 Å². The van der Waals surface area contributed by atoms with Crippen molar-refractivity contribution in [2.75, 3.05) is 19.6 Å². The van der Waals surface area contributed by atoms with E-state index in [1.165, 1.54) is 6.07 Å². The van der Waals surface area contributed by atoms with Crippen molar-refractivity contribution in [3.63, 3.8) is 0 Å². The quantitative estimate of drug-likeness (QED) is 0.347. The van der Waals surface area contributed by atoms with E-state index in [0.29, 0.717) is 17.5 Å². The van der Waals surface area contributed by atoms with Crippen LogP contribution in [0.2, 0.25) is 0 Å². The van der Waals surface area contributed by atoms with Crippen LogP contribution in [-0.2, 0) is 0 Å². The van der Waals surface area contributed by atoms with Gasteiger partial charge in [0, 0.05) is 12.6 Å². The number of aromatic nitrogens is 3. The minimum Gasteiger partial charge on any atom is -0.474 e. The van der Waals surface area contributed by atoms with Crippen molar-refractivity contribution in [1.82, 2.24) is 25.2 Å². The fourth-order valence-corrected chi connectivity index (χ4v) is 4.80. The summed E-state index contributed by atoms with van der Waals surface area (Å²) in [6, 6.07) is 12.5. The van der Waals surface area contributed by atoms with Gasteiger partial charge in [0.05, 0.1) is 23.6 Å². The maximum atomic E-state index is 13.8. The van der Waals surface area contributed by atoms with Crippen LogP contribution < -0.4 is 10.1 Å². The highest BCUT2D eigenvalue weighted by atomic mass is 19.1. The first-order valence-corrected chi connectivity index (χ1v) is 12.3. The van der Waals surface area contributed by atoms with E-state index < -0.39 is 0 Å². The molecule has 0 amide bonds. The summed E-state index contributed by atoms with van der Waals surface area (Å²) in [5.41, 5.74) is 2.48. The molecule has 35 heavy (non-hydrogen) atoms. The predicted octanol–water partition coefficient (Wildman–Crippen LogP) is 4.96. The Kier molecular flexibility index (Phi) is 7.18. The zero-order valence-electron chi connectivity index (χ0n) is 19.7. The number of benzene rings is 1. The molecule has 2 fully saturated rings. The Morgan fingerprint density at radius 3 is 2.83 bits per heavy atom. The van der Waals surface area contributed by atoms with Crippen LogP contribution >= 0.6 is 0 Å². The monoisotopic (exact) mass is 474 g/mol. The van der Waals surface area contributed by atoms with Crippen molar-refractivity contribution in [3.05, 3.63) is 71.9 Å². The van der Waals surface area contributed by atoms with Crippen molar-refractivity contribution in [1.29, 1.82) is 5.41 Å². The second kappa shape index (κ2) is 10.8. The van der Waals surface area contributed by atoms with Crippen LogP contribution in [0.4, 0.5) is 4.39 Å². The molecular weight excluding hydrogens is 443 g/mol. The number of ether oxygens (including phenoxy) is 1. The lowest BCUT2D eigenvalue weighted by molar-refractivity contribution is 0.156. The van der Waals surface area contributed by atoms with Crippen LogP contribution in [0.3, 0.4) is 0 Å². The van der Waals surface area contributed by atoms with E-state index in [-0.39, 0.29) is 18.0 Å². The van der Waals surface area contributed by atoms with Gasteiger partial charge in [0.2, 0.25) is 5.88 Å². The van der Waals surface area contributed by atoms with E-state index in [4.69, 9.17) is 10.1 Å². The largest absolute Gasteiger partial charge is 0.474 e. The molecule has 7 nitrogen and oxygen atoms in total. The van der Waals surface area contributed by atoms with Crippen LogP contribution in [0.5, 0.6) is 5.88 Å². The van der Waals surface area contributed by atoms with Gasteiger partial charge in [0.25, 0.3) is 0 Å². The molecule has 0 spiro atoms. The number of nitrogens with zero attached hydrogens (tertiary/aromatic N) is 3. The van der Waals surface area contributed by atoms with Crippen LogP contribution in [-0.4, -0.2) is 51.4 Å². The van der Waals surface area contributed by atoms with Crippen LogP contribution in [0.1, 0.15) is 49.5 Å². The molecule has 0 radical (unpaired) electrons. The first kappa shape index (κ1) is 23.2. The number of halogens is 1. The van der Waals surface area contributed by atoms with Gasteiger partial charge >= 0.3 is 0 Å². The van der Waals surface area contributed by atoms with E-state index in [2.05, 4.69) is 20.3 Å². The predicted molar refractivity (Wildman–Crippen MR) is 135 cm³/mol. The number of rotatable bonds is 6. The van der Waals surface area contributed by atoms with Gasteiger partial charge in [-0.05, 0) is 81.1 Å². The van der Waals surface area contributed by atoms with E-state index in [1.807, 2.05) is 29.2 Å². The summed E-state index contributed by atoms with van der Waals surface area (Å²) in [6.07, 6.45) is 10.5. The summed E-state index contributed by atoms with van der Waals surface area (Å²) < 4.78 is 19.9. The molecule has 2 saturated heterocycles. The molecule has 0 aliphatic carbocycles. The molecule has 2 aromatic heterocycles. The van der Waals surface area contributed by atoms with Crippen molar-refractivity contribution in [3.8, 4) is 17.3 Å². The number of hydrogen-bond donors (Lipinski definition) is 3. The Balaban J connectivity index is 1.26. The lowest BCUT2D eigenvalue weighted by Gasteiger charge is -2.37. The standard InChI is InChI=1S/C27H31FN6O/c28-20-6-3-5-19(17-20)24-8-1-2-16-34(24)25(29)10-11-26-31-18-23(32-26)22-7-4-9-27(33-22)35-21-12-14-30-15-13-21/h3-7,9-11,17-18,21,24,29-30H,1-2,8,12-16H2,(H,31,32)/b11-10-,29-25?. The maximum absolute atomic E-state index is 13.8. The molecule has 3 aromatic rings. The zero-order valence-corrected chi connectivity index (χ0v) is 19.7. The van der Waals surface area contributed by atoms with Gasteiger partial charge in [-0.2, -0.15) is 0 Å². The fourth-order valence-electron chi connectivity index (χ4n) is 4.80. The number of likely N-dealkylation sites (tertiary alicyclic amines) is 1. The van der Waals surface area contributed by atoms with Crippen LogP contribution in [0, 0.1) is 11.2 Å². The SMILES string of the molecule is N=C(/C=C\c1ncc(-c2cccc(OC3CCNCC3)n2)[nH]1)N1CCCCC1c1cccc(F)c1. The summed E-state index contributed by atoms with van der Waals surface area (Å²) in [5.74, 6) is 1.43. The highest BCUT2D eigenvalue weighted by molar-refractivity contribution is 5.94. The molecule has 2 aliphatic heterocycles. The Morgan fingerprint density at radius 1 is 1.11 bits per heavy atom. The second-order valence-corrected chi connectivity index (χ2v) is 9.09. The van der Waals surface area contributed by atoms with Gasteiger partial charge in [-0.15, -0.1) is 0 Å². The van der Waals surface area contributed by atoms with E-state index in [9.17, 15) is 4.39 Å². The third kappa shape index (κ3) is 5.77. The highest BCUT2D eigenvalue weighted by Crippen LogP contribution is 2.31. The van der Waals surface area contributed by atoms with E-state index in [0.717, 1.165) is 68.7 Å². The van der Waals surface area contributed by atoms with Crippen molar-refractivity contribution in [2.24, 2.45) is 0 Å². The van der Waals surface area contributed by atoms with Gasteiger partial charge in [0.15, 0.2) is 0 Å². The smallest absolute Gasteiger partial charge is 0.214 e. The van der Waals surface area contributed by atoms with Crippen LogP contribution in [0.15, 0.2) is 54.7 Å². The molecule has 0 saturated carbocycles. The molecule has 4 heterocycles. The van der Waals surface area contributed by atoms with E-state index in [1.54, 1.807) is 30.5 Å². The molecule has 0 bridgehead atoms. The number of H-pyrrole nitrogens is 1. The van der Waals surface area contributed by atoms with Gasteiger partial charge in [0.1, 0.15) is 23.6 Å². The normalized spacial score (nSPS) is 19.2. The molecule has 182 valence electrons. The minimum absolute atomic E-state index is 0.00986. The molecule has 8 heteroatoms. The van der Waals surface area contributed by atoms with Crippen molar-refractivity contribution in [2.45, 2.75) is 44.2 Å². The highest BCUT2D eigenvalue weighted by Gasteiger charge is 2.25. The molecule has 1 unspecified atom stereocenters. The number of imidazole rings is 1. The van der Waals surface area contributed by atoms with Gasteiger partial charge in [-0.3, -0.25) is 5.41 Å². The molecular formula is C27H31FN6O. The van der Waals surface area contributed by atoms with Gasteiger partial charge in [-0.1, -0.05) is 18.2 Å². The number of pyridine rings is 1. The summed E-state index contributed by atoms with van der Waals surface area (Å²) in [7, 11) is 0. The number of piperidine rings is 2. The third-order valence-corrected chi connectivity index (χ3v) is 6.61. The van der Waals surface area contributed by atoms with Crippen LogP contribution in [0.25, 0.3) is 17.5 Å². The number of hydrogen-bond acceptors (Lipinski definition) is 5. The first-order chi connectivity index (χ1) is 17.2. The number of nitrogens with one attached hydrogen (secondary N) is 3. The Labute approximate surface area is 205 Å². The topological polar surface area (TPSA) is 89.9 Å². The number of aromatic amines is 1. The summed E-state index contributed by atoms with van der Waals surface area (Å²) in [4.78, 5) is 14.4. The Morgan fingerprint density at radius 2 is 1.97 bits per heavy atom. The molecule has 1 aromatic carbocycles. The summed E-state index contributed by atoms with van der Waals surface area (Å²) >= 11 is 0. The number of amidine groups is 1. The molecule has 5 rings (SSSR count). The fraction of sp³-hybridized carbons (Fsp3) is 0.370.